The number of amides is 1. The fraction of sp³-hybridized carbons (Fsp3) is 0.409. The number of piperidine rings is 1. The Morgan fingerprint density at radius 2 is 1.62 bits per heavy atom. The van der Waals surface area contributed by atoms with Gasteiger partial charge >= 0.3 is 0 Å². The largest absolute Gasteiger partial charge is 0.633 e. The molecule has 138 valence electrons. The standard InChI is InChI=1S/C22H28N2O2/c1-2-22(25)23(20-11-7-4-8-12-20)21-14-17-24(26,18-15-21)16-13-19-9-5-3-6-10-19/h3-12,21H,2,13-18H2,1H3. The Hall–Kier alpha value is -2.17. The summed E-state index contributed by atoms with van der Waals surface area (Å²) < 4.78 is -0.145. The van der Waals surface area contributed by atoms with Gasteiger partial charge in [-0.1, -0.05) is 55.5 Å². The van der Waals surface area contributed by atoms with Crippen LogP contribution in [0.1, 0.15) is 31.7 Å². The Bertz CT molecular complexity index is 695. The average Bonchev–Trinajstić information content (AvgIpc) is 2.70. The second kappa shape index (κ2) is 8.47. The number of anilines is 1. The summed E-state index contributed by atoms with van der Waals surface area (Å²) in [5.74, 6) is 0.136. The summed E-state index contributed by atoms with van der Waals surface area (Å²) in [6, 6.07) is 20.2. The summed E-state index contributed by atoms with van der Waals surface area (Å²) in [6.45, 7) is 3.67. The number of hydrogen-bond acceptors (Lipinski definition) is 2. The van der Waals surface area contributed by atoms with Gasteiger partial charge in [-0.2, -0.15) is 0 Å². The maximum absolute atomic E-state index is 13.1. The molecule has 26 heavy (non-hydrogen) atoms. The highest BCUT2D eigenvalue weighted by atomic mass is 16.5. The Morgan fingerprint density at radius 1 is 1.04 bits per heavy atom. The fourth-order valence-electron chi connectivity index (χ4n) is 3.80. The molecule has 1 saturated heterocycles. The Balaban J connectivity index is 1.63. The third kappa shape index (κ3) is 4.51. The molecule has 1 fully saturated rings. The van der Waals surface area contributed by atoms with Crippen LogP contribution in [0, 0.1) is 5.21 Å². The van der Waals surface area contributed by atoms with Gasteiger partial charge in [0.15, 0.2) is 0 Å². The van der Waals surface area contributed by atoms with E-state index in [2.05, 4.69) is 12.1 Å². The van der Waals surface area contributed by atoms with Gasteiger partial charge in [-0.25, -0.2) is 0 Å². The van der Waals surface area contributed by atoms with Crippen molar-refractivity contribution in [3.8, 4) is 0 Å². The van der Waals surface area contributed by atoms with Crippen molar-refractivity contribution in [1.82, 2.24) is 0 Å². The van der Waals surface area contributed by atoms with Crippen LogP contribution in [0.2, 0.25) is 0 Å². The van der Waals surface area contributed by atoms with Crippen molar-refractivity contribution in [3.05, 3.63) is 71.4 Å². The molecule has 4 nitrogen and oxygen atoms in total. The molecule has 1 aliphatic rings. The lowest BCUT2D eigenvalue weighted by molar-refractivity contribution is -0.885. The predicted molar refractivity (Wildman–Crippen MR) is 106 cm³/mol. The first-order valence-corrected chi connectivity index (χ1v) is 9.59. The van der Waals surface area contributed by atoms with E-state index >= 15 is 0 Å². The van der Waals surface area contributed by atoms with Crippen molar-refractivity contribution in [3.63, 3.8) is 0 Å². The molecular formula is C22H28N2O2. The summed E-state index contributed by atoms with van der Waals surface area (Å²) in [6.07, 6.45) is 2.82. The number of carbonyl (C=O) groups excluding carboxylic acids is 1. The number of quaternary nitrogens is 1. The topological polar surface area (TPSA) is 43.4 Å². The molecular weight excluding hydrogens is 324 g/mol. The Labute approximate surface area is 156 Å². The van der Waals surface area contributed by atoms with Crippen LogP contribution in [0.15, 0.2) is 60.7 Å². The van der Waals surface area contributed by atoms with E-state index in [0.717, 1.165) is 24.9 Å². The van der Waals surface area contributed by atoms with Gasteiger partial charge in [0.1, 0.15) is 0 Å². The minimum absolute atomic E-state index is 0.127. The molecule has 2 aromatic carbocycles. The molecule has 0 atom stereocenters. The molecule has 1 amide bonds. The highest BCUT2D eigenvalue weighted by molar-refractivity contribution is 5.93. The number of hydrogen-bond donors (Lipinski definition) is 0. The molecule has 4 heteroatoms. The zero-order chi connectivity index (χ0) is 18.4. The number of benzene rings is 2. The van der Waals surface area contributed by atoms with E-state index in [1.165, 1.54) is 5.56 Å². The smallest absolute Gasteiger partial charge is 0.226 e. The SMILES string of the molecule is CCC(=O)N(c1ccccc1)C1CC[N+]([O-])(CCc2ccccc2)CC1. The van der Waals surface area contributed by atoms with Gasteiger partial charge in [0.25, 0.3) is 0 Å². The highest BCUT2D eigenvalue weighted by Crippen LogP contribution is 2.27. The molecule has 0 saturated carbocycles. The van der Waals surface area contributed by atoms with Gasteiger partial charge in [-0.05, 0) is 17.7 Å². The second-order valence-corrected chi connectivity index (χ2v) is 7.15. The molecule has 0 bridgehead atoms. The number of para-hydroxylation sites is 1. The van der Waals surface area contributed by atoms with Crippen molar-refractivity contribution in [2.45, 2.75) is 38.6 Å². The number of nitrogens with zero attached hydrogens (tertiary/aromatic N) is 2. The van der Waals surface area contributed by atoms with Gasteiger partial charge in [0.2, 0.25) is 5.91 Å². The molecule has 1 aliphatic heterocycles. The summed E-state index contributed by atoms with van der Waals surface area (Å²) >= 11 is 0. The lowest BCUT2D eigenvalue weighted by Crippen LogP contribution is -2.55. The molecule has 0 unspecified atom stereocenters. The first-order chi connectivity index (χ1) is 12.6. The van der Waals surface area contributed by atoms with Crippen LogP contribution in [-0.2, 0) is 11.2 Å². The molecule has 0 radical (unpaired) electrons. The van der Waals surface area contributed by atoms with Gasteiger partial charge < -0.3 is 14.8 Å². The van der Waals surface area contributed by atoms with E-state index in [-0.39, 0.29) is 16.6 Å². The fourth-order valence-corrected chi connectivity index (χ4v) is 3.80. The first-order valence-electron chi connectivity index (χ1n) is 9.59. The van der Waals surface area contributed by atoms with E-state index in [4.69, 9.17) is 0 Å². The summed E-state index contributed by atoms with van der Waals surface area (Å²) in [5, 5.41) is 13.1. The van der Waals surface area contributed by atoms with Crippen LogP contribution in [0.5, 0.6) is 0 Å². The summed E-state index contributed by atoms with van der Waals surface area (Å²) in [7, 11) is 0. The van der Waals surface area contributed by atoms with Crippen LogP contribution in [0.3, 0.4) is 0 Å². The molecule has 0 spiro atoms. The van der Waals surface area contributed by atoms with Crippen molar-refractivity contribution >= 4 is 11.6 Å². The van der Waals surface area contributed by atoms with E-state index in [1.54, 1.807) is 0 Å². The number of likely N-dealkylation sites (tertiary alicyclic amines) is 1. The van der Waals surface area contributed by atoms with Crippen LogP contribution in [0.4, 0.5) is 5.69 Å². The summed E-state index contributed by atoms with van der Waals surface area (Å²) in [5.41, 5.74) is 2.16. The number of carbonyl (C=O) groups is 1. The normalized spacial score (nSPS) is 22.8. The van der Waals surface area contributed by atoms with Crippen molar-refractivity contribution < 1.29 is 9.44 Å². The maximum atomic E-state index is 13.1. The van der Waals surface area contributed by atoms with Gasteiger partial charge in [0, 0.05) is 37.4 Å². The van der Waals surface area contributed by atoms with Crippen molar-refractivity contribution in [2.24, 2.45) is 0 Å². The van der Waals surface area contributed by atoms with E-state index in [0.29, 0.717) is 26.1 Å². The Kier molecular flexibility index (Phi) is 6.07. The Morgan fingerprint density at radius 3 is 2.19 bits per heavy atom. The van der Waals surface area contributed by atoms with Crippen LogP contribution < -0.4 is 4.90 Å². The van der Waals surface area contributed by atoms with Gasteiger partial charge in [-0.15, -0.1) is 0 Å². The first kappa shape index (κ1) is 18.6. The number of rotatable bonds is 6. The predicted octanol–water partition coefficient (Wildman–Crippen LogP) is 4.15. The van der Waals surface area contributed by atoms with Crippen LogP contribution in [-0.4, -0.2) is 36.2 Å². The molecule has 0 aliphatic carbocycles. The molecule has 2 aromatic rings. The lowest BCUT2D eigenvalue weighted by Gasteiger charge is -2.49. The number of hydroxylamine groups is 3. The molecule has 0 aromatic heterocycles. The third-order valence-corrected chi connectivity index (χ3v) is 5.36. The van der Waals surface area contributed by atoms with E-state index in [1.807, 2.05) is 60.4 Å². The minimum atomic E-state index is -0.145. The zero-order valence-corrected chi connectivity index (χ0v) is 15.5. The highest BCUT2D eigenvalue weighted by Gasteiger charge is 2.32. The second-order valence-electron chi connectivity index (χ2n) is 7.15. The van der Waals surface area contributed by atoms with Crippen LogP contribution >= 0.6 is 0 Å². The summed E-state index contributed by atoms with van der Waals surface area (Å²) in [4.78, 5) is 14.4. The third-order valence-electron chi connectivity index (χ3n) is 5.36. The van der Waals surface area contributed by atoms with Crippen LogP contribution in [0.25, 0.3) is 0 Å². The van der Waals surface area contributed by atoms with Gasteiger partial charge in [-0.3, -0.25) is 4.79 Å². The average molecular weight is 352 g/mol. The van der Waals surface area contributed by atoms with Crippen molar-refractivity contribution in [2.75, 3.05) is 24.5 Å². The molecule has 1 heterocycles. The lowest BCUT2D eigenvalue weighted by atomic mass is 10.0. The van der Waals surface area contributed by atoms with E-state index < -0.39 is 0 Å². The van der Waals surface area contributed by atoms with E-state index in [9.17, 15) is 10.0 Å². The zero-order valence-electron chi connectivity index (χ0n) is 15.5. The molecule has 0 N–H and O–H groups in total. The minimum Gasteiger partial charge on any atom is -0.633 e. The van der Waals surface area contributed by atoms with Crippen molar-refractivity contribution in [1.29, 1.82) is 0 Å². The monoisotopic (exact) mass is 352 g/mol. The quantitative estimate of drug-likeness (QED) is 0.579. The van der Waals surface area contributed by atoms with Gasteiger partial charge in [0.05, 0.1) is 19.6 Å². The maximum Gasteiger partial charge on any atom is 0.226 e. The molecule has 3 rings (SSSR count).